The van der Waals surface area contributed by atoms with Crippen molar-refractivity contribution >= 4 is 5.78 Å². The van der Waals surface area contributed by atoms with E-state index in [1.54, 1.807) is 24.6 Å². The number of furan rings is 1. The Balaban J connectivity index is 1.49. The number of Topliss-reactive ketones (excluding diaryl/α,β-unsaturated/α-hetero) is 1. The van der Waals surface area contributed by atoms with Gasteiger partial charge in [-0.15, -0.1) is 0 Å². The van der Waals surface area contributed by atoms with Crippen LogP contribution in [-0.4, -0.2) is 23.9 Å². The molecule has 3 heterocycles. The molecule has 0 amide bonds. The number of hydrogen-bond donors (Lipinski definition) is 1. The number of nitrogens with one attached hydrogen (secondary N) is 1. The summed E-state index contributed by atoms with van der Waals surface area (Å²) in [7, 11) is 0. The Morgan fingerprint density at radius 2 is 2.19 bits per heavy atom. The molecule has 0 aliphatic carbocycles. The van der Waals surface area contributed by atoms with Gasteiger partial charge < -0.3 is 14.2 Å². The zero-order chi connectivity index (χ0) is 14.5. The zero-order valence-electron chi connectivity index (χ0n) is 12.0. The Kier molecular flexibility index (Phi) is 4.50. The minimum atomic E-state index is -0.0262. The highest BCUT2D eigenvalue weighted by molar-refractivity contribution is 5.91. The monoisotopic (exact) mass is 288 g/mol. The average Bonchev–Trinajstić information content (AvgIpc) is 3.19. The van der Waals surface area contributed by atoms with E-state index >= 15 is 0 Å². The van der Waals surface area contributed by atoms with Crippen molar-refractivity contribution in [3.05, 3.63) is 30.5 Å². The van der Waals surface area contributed by atoms with Gasteiger partial charge in [0, 0.05) is 6.42 Å². The van der Waals surface area contributed by atoms with Gasteiger partial charge in [0.2, 0.25) is 5.78 Å². The van der Waals surface area contributed by atoms with Gasteiger partial charge in [-0.25, -0.2) is 4.98 Å². The molecule has 1 aliphatic heterocycles. The van der Waals surface area contributed by atoms with Gasteiger partial charge in [0.05, 0.1) is 12.5 Å². The predicted molar refractivity (Wildman–Crippen MR) is 78.0 cm³/mol. The van der Waals surface area contributed by atoms with Crippen molar-refractivity contribution in [3.63, 3.8) is 0 Å². The first-order valence-electron chi connectivity index (χ1n) is 7.56. The molecule has 2 aromatic heterocycles. The number of oxazole rings is 1. The maximum atomic E-state index is 12.1. The van der Waals surface area contributed by atoms with Crippen molar-refractivity contribution in [3.8, 4) is 11.5 Å². The third-order valence-corrected chi connectivity index (χ3v) is 3.98. The highest BCUT2D eigenvalue weighted by atomic mass is 16.4. The molecule has 1 fully saturated rings. The van der Waals surface area contributed by atoms with Crippen LogP contribution >= 0.6 is 0 Å². The van der Waals surface area contributed by atoms with E-state index in [9.17, 15) is 4.79 Å². The number of carbonyl (C=O) groups excluding carboxylic acids is 1. The fourth-order valence-corrected chi connectivity index (χ4v) is 2.76. The molecule has 2 aromatic rings. The minimum absolute atomic E-state index is 0.0262. The topological polar surface area (TPSA) is 68.3 Å². The molecule has 0 bridgehead atoms. The SMILES string of the molecule is O=C(CCCC1CCNCC1)c1ncc(-c2ccco2)o1. The predicted octanol–water partition coefficient (Wildman–Crippen LogP) is 3.29. The highest BCUT2D eigenvalue weighted by Crippen LogP contribution is 2.22. The van der Waals surface area contributed by atoms with E-state index in [0.29, 0.717) is 17.9 Å². The zero-order valence-corrected chi connectivity index (χ0v) is 12.0. The van der Waals surface area contributed by atoms with E-state index in [0.717, 1.165) is 31.8 Å². The van der Waals surface area contributed by atoms with E-state index in [2.05, 4.69) is 10.3 Å². The van der Waals surface area contributed by atoms with Crippen LogP contribution in [0.2, 0.25) is 0 Å². The lowest BCUT2D eigenvalue weighted by Crippen LogP contribution is -2.27. The second-order valence-corrected chi connectivity index (χ2v) is 5.52. The van der Waals surface area contributed by atoms with Crippen molar-refractivity contribution in [1.82, 2.24) is 10.3 Å². The van der Waals surface area contributed by atoms with E-state index in [1.807, 2.05) is 0 Å². The Bertz CT molecular complexity index is 568. The Labute approximate surface area is 123 Å². The molecule has 0 saturated carbocycles. The molecule has 0 atom stereocenters. The molecule has 5 heteroatoms. The highest BCUT2D eigenvalue weighted by Gasteiger charge is 2.17. The summed E-state index contributed by atoms with van der Waals surface area (Å²) < 4.78 is 10.7. The fraction of sp³-hybridized carbons (Fsp3) is 0.500. The lowest BCUT2D eigenvalue weighted by molar-refractivity contribution is 0.0944. The maximum absolute atomic E-state index is 12.1. The van der Waals surface area contributed by atoms with Gasteiger partial charge in [-0.2, -0.15) is 0 Å². The van der Waals surface area contributed by atoms with Crippen LogP contribution in [0.15, 0.2) is 33.4 Å². The standard InChI is InChI=1S/C16H20N2O3/c19-13(4-1-3-12-6-8-17-9-7-12)16-18-11-15(21-16)14-5-2-10-20-14/h2,5,10-12,17H,1,3-4,6-9H2. The van der Waals surface area contributed by atoms with Crippen LogP contribution < -0.4 is 5.32 Å². The molecule has 0 radical (unpaired) electrons. The van der Waals surface area contributed by atoms with Crippen LogP contribution in [0.1, 0.15) is 42.8 Å². The van der Waals surface area contributed by atoms with Gasteiger partial charge in [-0.05, 0) is 56.8 Å². The second-order valence-electron chi connectivity index (χ2n) is 5.52. The number of carbonyl (C=O) groups is 1. The molecule has 0 spiro atoms. The number of rotatable bonds is 6. The number of hydrogen-bond acceptors (Lipinski definition) is 5. The summed E-state index contributed by atoms with van der Waals surface area (Å²) in [4.78, 5) is 16.1. The van der Waals surface area contributed by atoms with Crippen LogP contribution in [0.3, 0.4) is 0 Å². The van der Waals surface area contributed by atoms with E-state index in [-0.39, 0.29) is 11.7 Å². The first-order chi connectivity index (χ1) is 10.3. The molecule has 0 unspecified atom stereocenters. The van der Waals surface area contributed by atoms with E-state index < -0.39 is 0 Å². The molecule has 112 valence electrons. The van der Waals surface area contributed by atoms with Gasteiger partial charge in [0.25, 0.3) is 5.89 Å². The summed E-state index contributed by atoms with van der Waals surface area (Å²) in [6.07, 6.45) is 8.06. The molecule has 3 rings (SSSR count). The summed E-state index contributed by atoms with van der Waals surface area (Å²) in [5.74, 6) is 2.01. The van der Waals surface area contributed by atoms with Gasteiger partial charge in [0.1, 0.15) is 0 Å². The minimum Gasteiger partial charge on any atom is -0.461 e. The third-order valence-electron chi connectivity index (χ3n) is 3.98. The molecule has 1 N–H and O–H groups in total. The van der Waals surface area contributed by atoms with E-state index in [4.69, 9.17) is 8.83 Å². The van der Waals surface area contributed by atoms with Crippen LogP contribution in [0, 0.1) is 5.92 Å². The quantitative estimate of drug-likeness (QED) is 0.826. The first-order valence-corrected chi connectivity index (χ1v) is 7.56. The summed E-state index contributed by atoms with van der Waals surface area (Å²) in [5.41, 5.74) is 0. The molecular formula is C16H20N2O3. The van der Waals surface area contributed by atoms with Crippen molar-refractivity contribution in [2.24, 2.45) is 5.92 Å². The van der Waals surface area contributed by atoms with E-state index in [1.165, 1.54) is 12.8 Å². The van der Waals surface area contributed by atoms with Crippen molar-refractivity contribution < 1.29 is 13.6 Å². The van der Waals surface area contributed by atoms with Crippen molar-refractivity contribution in [1.29, 1.82) is 0 Å². The lowest BCUT2D eigenvalue weighted by atomic mass is 9.92. The molecule has 1 aliphatic rings. The lowest BCUT2D eigenvalue weighted by Gasteiger charge is -2.22. The average molecular weight is 288 g/mol. The van der Waals surface area contributed by atoms with Gasteiger partial charge in [-0.3, -0.25) is 4.79 Å². The van der Waals surface area contributed by atoms with Crippen LogP contribution in [-0.2, 0) is 0 Å². The molecular weight excluding hydrogens is 268 g/mol. The summed E-state index contributed by atoms with van der Waals surface area (Å²) in [6, 6.07) is 3.56. The van der Waals surface area contributed by atoms with Gasteiger partial charge in [0.15, 0.2) is 11.5 Å². The number of ketones is 1. The second kappa shape index (κ2) is 6.72. The van der Waals surface area contributed by atoms with Crippen LogP contribution in [0.25, 0.3) is 11.5 Å². The van der Waals surface area contributed by atoms with Crippen molar-refractivity contribution in [2.45, 2.75) is 32.1 Å². The molecule has 5 nitrogen and oxygen atoms in total. The molecule has 21 heavy (non-hydrogen) atoms. The van der Waals surface area contributed by atoms with Gasteiger partial charge >= 0.3 is 0 Å². The number of aromatic nitrogens is 1. The fourth-order valence-electron chi connectivity index (χ4n) is 2.76. The third kappa shape index (κ3) is 3.61. The van der Waals surface area contributed by atoms with Crippen LogP contribution in [0.5, 0.6) is 0 Å². The largest absolute Gasteiger partial charge is 0.461 e. The Hall–Kier alpha value is -1.88. The molecule has 1 saturated heterocycles. The summed E-state index contributed by atoms with van der Waals surface area (Å²) >= 11 is 0. The van der Waals surface area contributed by atoms with Crippen molar-refractivity contribution in [2.75, 3.05) is 13.1 Å². The first kappa shape index (κ1) is 14.1. The smallest absolute Gasteiger partial charge is 0.263 e. The Morgan fingerprint density at radius 3 is 2.95 bits per heavy atom. The summed E-state index contributed by atoms with van der Waals surface area (Å²) in [6.45, 7) is 2.20. The van der Waals surface area contributed by atoms with Crippen LogP contribution in [0.4, 0.5) is 0 Å². The normalized spacial score (nSPS) is 16.2. The summed E-state index contributed by atoms with van der Waals surface area (Å²) in [5, 5.41) is 3.36. The number of piperidine rings is 1. The molecule has 0 aromatic carbocycles. The Morgan fingerprint density at radius 1 is 1.33 bits per heavy atom. The number of nitrogens with zero attached hydrogens (tertiary/aromatic N) is 1. The van der Waals surface area contributed by atoms with Gasteiger partial charge in [-0.1, -0.05) is 0 Å². The maximum Gasteiger partial charge on any atom is 0.263 e.